The van der Waals surface area contributed by atoms with Crippen LogP contribution < -0.4 is 4.74 Å². The molecule has 0 spiro atoms. The molecule has 0 aliphatic heterocycles. The van der Waals surface area contributed by atoms with Gasteiger partial charge in [-0.15, -0.1) is 6.58 Å². The minimum Gasteiger partial charge on any atom is -0.497 e. The Balaban J connectivity index is 2.90. The highest BCUT2D eigenvalue weighted by Gasteiger charge is 2.08. The van der Waals surface area contributed by atoms with Gasteiger partial charge in [-0.2, -0.15) is 0 Å². The topological polar surface area (TPSA) is 35.5 Å². The molecule has 0 atom stereocenters. The van der Waals surface area contributed by atoms with Crippen molar-refractivity contribution < 1.29 is 14.3 Å². The molecule has 0 aliphatic carbocycles. The molecule has 0 saturated heterocycles. The number of hydrogen-bond donors (Lipinski definition) is 0. The highest BCUT2D eigenvalue weighted by atomic mass is 16.5. The summed E-state index contributed by atoms with van der Waals surface area (Å²) in [6, 6.07) is 7.51. The lowest BCUT2D eigenvalue weighted by Crippen LogP contribution is -2.04. The number of rotatable bonds is 6. The molecule has 0 radical (unpaired) electrons. The second-order valence-corrected chi connectivity index (χ2v) is 3.76. The zero-order valence-electron chi connectivity index (χ0n) is 10.8. The number of methoxy groups -OCH3 is 2. The number of carbonyl (C=O) groups excluding carboxylic acids is 1. The molecule has 0 N–H and O–H groups in total. The molecule has 3 nitrogen and oxygen atoms in total. The number of carbonyl (C=O) groups is 1. The molecule has 3 heteroatoms. The van der Waals surface area contributed by atoms with Gasteiger partial charge in [0, 0.05) is 5.57 Å². The Hall–Kier alpha value is -2.03. The molecular formula is C15H18O3. The lowest BCUT2D eigenvalue weighted by molar-refractivity contribution is -0.136. The van der Waals surface area contributed by atoms with Crippen molar-refractivity contribution in [3.05, 3.63) is 48.1 Å². The monoisotopic (exact) mass is 246 g/mol. The lowest BCUT2D eigenvalue weighted by Gasteiger charge is -2.05. The van der Waals surface area contributed by atoms with Crippen LogP contribution in [0.25, 0.3) is 6.08 Å². The Morgan fingerprint density at radius 2 is 1.94 bits per heavy atom. The average molecular weight is 246 g/mol. The summed E-state index contributed by atoms with van der Waals surface area (Å²) in [5.41, 5.74) is 1.59. The van der Waals surface area contributed by atoms with Gasteiger partial charge in [-0.05, 0) is 36.6 Å². The molecule has 1 rings (SSSR count). The van der Waals surface area contributed by atoms with Gasteiger partial charge in [0.25, 0.3) is 0 Å². The van der Waals surface area contributed by atoms with E-state index in [1.807, 2.05) is 30.3 Å². The first-order chi connectivity index (χ1) is 8.71. The fourth-order valence-corrected chi connectivity index (χ4v) is 1.52. The third-order valence-corrected chi connectivity index (χ3v) is 2.52. The van der Waals surface area contributed by atoms with Gasteiger partial charge >= 0.3 is 5.97 Å². The molecule has 1 aromatic rings. The molecular weight excluding hydrogens is 228 g/mol. The molecule has 1 aromatic carbocycles. The van der Waals surface area contributed by atoms with Gasteiger partial charge in [0.2, 0.25) is 0 Å². The SMILES string of the molecule is C=CCC/C(=C\c1ccc(OC)cc1)C(=O)OC. The van der Waals surface area contributed by atoms with Gasteiger partial charge in [-0.3, -0.25) is 0 Å². The van der Waals surface area contributed by atoms with E-state index in [9.17, 15) is 4.79 Å². The number of ether oxygens (including phenoxy) is 2. The third-order valence-electron chi connectivity index (χ3n) is 2.52. The van der Waals surface area contributed by atoms with Crippen LogP contribution in [0.15, 0.2) is 42.5 Å². The lowest BCUT2D eigenvalue weighted by atomic mass is 10.1. The Labute approximate surface area is 108 Å². The Bertz CT molecular complexity index is 430. The van der Waals surface area contributed by atoms with Crippen molar-refractivity contribution in [3.8, 4) is 5.75 Å². The first-order valence-corrected chi connectivity index (χ1v) is 5.75. The van der Waals surface area contributed by atoms with Crippen LogP contribution in [0.4, 0.5) is 0 Å². The molecule has 0 aliphatic rings. The van der Waals surface area contributed by atoms with E-state index in [0.717, 1.165) is 17.7 Å². The highest BCUT2D eigenvalue weighted by molar-refractivity contribution is 5.93. The summed E-state index contributed by atoms with van der Waals surface area (Å²) in [6.45, 7) is 3.65. The van der Waals surface area contributed by atoms with Crippen LogP contribution in [0.2, 0.25) is 0 Å². The van der Waals surface area contributed by atoms with Gasteiger partial charge in [-0.25, -0.2) is 4.79 Å². The van der Waals surface area contributed by atoms with E-state index in [1.54, 1.807) is 13.2 Å². The van der Waals surface area contributed by atoms with Crippen LogP contribution in [0.3, 0.4) is 0 Å². The van der Waals surface area contributed by atoms with E-state index >= 15 is 0 Å². The van der Waals surface area contributed by atoms with E-state index in [1.165, 1.54) is 7.11 Å². The van der Waals surface area contributed by atoms with Crippen LogP contribution >= 0.6 is 0 Å². The summed E-state index contributed by atoms with van der Waals surface area (Å²) in [5, 5.41) is 0. The van der Waals surface area contributed by atoms with Crippen molar-refractivity contribution in [2.75, 3.05) is 14.2 Å². The van der Waals surface area contributed by atoms with Gasteiger partial charge in [0.1, 0.15) is 5.75 Å². The number of hydrogen-bond acceptors (Lipinski definition) is 3. The normalized spacial score (nSPS) is 10.9. The summed E-state index contributed by atoms with van der Waals surface area (Å²) < 4.78 is 9.84. The summed E-state index contributed by atoms with van der Waals surface area (Å²) in [5.74, 6) is 0.491. The minimum atomic E-state index is -0.298. The van der Waals surface area contributed by atoms with Crippen LogP contribution in [0, 0.1) is 0 Å². The summed E-state index contributed by atoms with van der Waals surface area (Å²) in [7, 11) is 3.01. The van der Waals surface area contributed by atoms with Crippen LogP contribution in [0.1, 0.15) is 18.4 Å². The third kappa shape index (κ3) is 4.09. The molecule has 0 unspecified atom stereocenters. The van der Waals surface area contributed by atoms with Crippen LogP contribution in [0.5, 0.6) is 5.75 Å². The standard InChI is InChI=1S/C15H18O3/c1-4-5-6-13(15(16)18-3)11-12-7-9-14(17-2)10-8-12/h4,7-11H,1,5-6H2,2-3H3/b13-11+. The first-order valence-electron chi connectivity index (χ1n) is 5.75. The average Bonchev–Trinajstić information content (AvgIpc) is 2.43. The van der Waals surface area contributed by atoms with Crippen molar-refractivity contribution in [1.82, 2.24) is 0 Å². The maximum absolute atomic E-state index is 11.6. The maximum Gasteiger partial charge on any atom is 0.333 e. The quantitative estimate of drug-likeness (QED) is 0.439. The summed E-state index contributed by atoms with van der Waals surface area (Å²) in [4.78, 5) is 11.6. The van der Waals surface area contributed by atoms with Crippen molar-refractivity contribution >= 4 is 12.0 Å². The summed E-state index contributed by atoms with van der Waals surface area (Å²) >= 11 is 0. The molecule has 18 heavy (non-hydrogen) atoms. The van der Waals surface area contributed by atoms with E-state index in [-0.39, 0.29) is 5.97 Å². The van der Waals surface area contributed by atoms with Gasteiger partial charge in [0.15, 0.2) is 0 Å². The van der Waals surface area contributed by atoms with Crippen molar-refractivity contribution in [3.63, 3.8) is 0 Å². The second-order valence-electron chi connectivity index (χ2n) is 3.76. The fourth-order valence-electron chi connectivity index (χ4n) is 1.52. The Morgan fingerprint density at radius 3 is 2.44 bits per heavy atom. The maximum atomic E-state index is 11.6. The van der Waals surface area contributed by atoms with Crippen molar-refractivity contribution in [2.45, 2.75) is 12.8 Å². The van der Waals surface area contributed by atoms with E-state index in [0.29, 0.717) is 12.0 Å². The predicted octanol–water partition coefficient (Wildman–Crippen LogP) is 3.22. The molecule has 0 aromatic heterocycles. The zero-order chi connectivity index (χ0) is 13.4. The van der Waals surface area contributed by atoms with E-state index in [2.05, 4.69) is 6.58 Å². The second kappa shape index (κ2) is 7.33. The molecule has 0 bridgehead atoms. The molecule has 0 amide bonds. The van der Waals surface area contributed by atoms with Gasteiger partial charge in [-0.1, -0.05) is 18.2 Å². The predicted molar refractivity (Wildman–Crippen MR) is 72.4 cm³/mol. The van der Waals surface area contributed by atoms with Crippen molar-refractivity contribution in [1.29, 1.82) is 0 Å². The molecule has 96 valence electrons. The molecule has 0 fully saturated rings. The molecule has 0 saturated carbocycles. The van der Waals surface area contributed by atoms with E-state index in [4.69, 9.17) is 9.47 Å². The van der Waals surface area contributed by atoms with E-state index < -0.39 is 0 Å². The van der Waals surface area contributed by atoms with Crippen LogP contribution in [-0.2, 0) is 9.53 Å². The largest absolute Gasteiger partial charge is 0.497 e. The molecule has 0 heterocycles. The minimum absolute atomic E-state index is 0.298. The fraction of sp³-hybridized carbons (Fsp3) is 0.267. The zero-order valence-corrected chi connectivity index (χ0v) is 10.8. The van der Waals surface area contributed by atoms with Crippen LogP contribution in [-0.4, -0.2) is 20.2 Å². The number of allylic oxidation sites excluding steroid dienone is 1. The first kappa shape index (κ1) is 14.0. The summed E-state index contributed by atoms with van der Waals surface area (Å²) in [6.07, 6.45) is 4.98. The van der Waals surface area contributed by atoms with Gasteiger partial charge < -0.3 is 9.47 Å². The Morgan fingerprint density at radius 1 is 1.28 bits per heavy atom. The highest BCUT2D eigenvalue weighted by Crippen LogP contribution is 2.17. The van der Waals surface area contributed by atoms with Gasteiger partial charge in [0.05, 0.1) is 14.2 Å². The smallest absolute Gasteiger partial charge is 0.333 e. The number of benzene rings is 1. The Kier molecular flexibility index (Phi) is 5.71. The van der Waals surface area contributed by atoms with Crippen molar-refractivity contribution in [2.24, 2.45) is 0 Å². The number of esters is 1.